The number of nitrogens with two attached hydrogens (primary N) is 1. The molecule has 15 heavy (non-hydrogen) atoms. The third-order valence-corrected chi connectivity index (χ3v) is 2.75. The lowest BCUT2D eigenvalue weighted by Crippen LogP contribution is -2.46. The molecule has 2 N–H and O–H groups in total. The van der Waals surface area contributed by atoms with Crippen molar-refractivity contribution in [3.8, 4) is 0 Å². The van der Waals surface area contributed by atoms with Crippen molar-refractivity contribution in [2.24, 2.45) is 5.73 Å². The lowest BCUT2D eigenvalue weighted by molar-refractivity contribution is -0.139. The largest absolute Gasteiger partial charge is 0.339 e. The zero-order chi connectivity index (χ0) is 11.6. The second-order valence-corrected chi connectivity index (χ2v) is 4.19. The molecule has 0 aromatic rings. The van der Waals surface area contributed by atoms with Crippen molar-refractivity contribution in [3.63, 3.8) is 0 Å². The summed E-state index contributed by atoms with van der Waals surface area (Å²) in [5.41, 5.74) is 5.66. The van der Waals surface area contributed by atoms with Crippen molar-refractivity contribution in [3.05, 3.63) is 0 Å². The third kappa shape index (κ3) is 2.68. The van der Waals surface area contributed by atoms with E-state index in [4.69, 9.17) is 5.73 Å². The van der Waals surface area contributed by atoms with Crippen LogP contribution in [0, 0.1) is 0 Å². The van der Waals surface area contributed by atoms with E-state index in [-0.39, 0.29) is 23.9 Å². The monoisotopic (exact) mass is 213 g/mol. The summed E-state index contributed by atoms with van der Waals surface area (Å²) in [7, 11) is 1.67. The first-order chi connectivity index (χ1) is 6.93. The van der Waals surface area contributed by atoms with E-state index in [1.807, 2.05) is 6.92 Å². The maximum atomic E-state index is 11.9. The first-order valence-electron chi connectivity index (χ1n) is 5.23. The number of hydrogen-bond acceptors (Lipinski definition) is 3. The van der Waals surface area contributed by atoms with E-state index in [9.17, 15) is 9.59 Å². The Bertz CT molecular complexity index is 265. The topological polar surface area (TPSA) is 66.6 Å². The molecule has 1 aliphatic rings. The minimum atomic E-state index is -0.376. The first kappa shape index (κ1) is 12.0. The number of carbonyl (C=O) groups is 2. The Morgan fingerprint density at radius 3 is 2.67 bits per heavy atom. The summed E-state index contributed by atoms with van der Waals surface area (Å²) in [5, 5.41) is 0. The van der Waals surface area contributed by atoms with Gasteiger partial charge in [-0.3, -0.25) is 9.59 Å². The molecule has 5 nitrogen and oxygen atoms in total. The van der Waals surface area contributed by atoms with Crippen molar-refractivity contribution in [2.45, 2.75) is 32.4 Å². The number of nitrogens with zero attached hydrogens (tertiary/aromatic N) is 2. The maximum absolute atomic E-state index is 11.9. The van der Waals surface area contributed by atoms with Gasteiger partial charge in [0.05, 0.1) is 0 Å². The zero-order valence-corrected chi connectivity index (χ0v) is 9.56. The van der Waals surface area contributed by atoms with Gasteiger partial charge in [0, 0.05) is 32.6 Å². The van der Waals surface area contributed by atoms with E-state index >= 15 is 0 Å². The van der Waals surface area contributed by atoms with Crippen molar-refractivity contribution in [1.29, 1.82) is 0 Å². The van der Waals surface area contributed by atoms with E-state index in [1.165, 1.54) is 4.90 Å². The van der Waals surface area contributed by atoms with Gasteiger partial charge in [0.2, 0.25) is 11.8 Å². The van der Waals surface area contributed by atoms with Crippen molar-refractivity contribution in [2.75, 3.05) is 20.1 Å². The van der Waals surface area contributed by atoms with Crippen LogP contribution in [0.4, 0.5) is 0 Å². The fourth-order valence-corrected chi connectivity index (χ4v) is 1.69. The van der Waals surface area contributed by atoms with Crippen LogP contribution in [0.25, 0.3) is 0 Å². The molecule has 2 amide bonds. The zero-order valence-electron chi connectivity index (χ0n) is 9.56. The Morgan fingerprint density at radius 2 is 2.13 bits per heavy atom. The summed E-state index contributed by atoms with van der Waals surface area (Å²) in [6.07, 6.45) is 0.388. The summed E-state index contributed by atoms with van der Waals surface area (Å²) in [4.78, 5) is 26.6. The second-order valence-electron chi connectivity index (χ2n) is 4.19. The Morgan fingerprint density at radius 1 is 1.53 bits per heavy atom. The standard InChI is InChI=1S/C10H19N3O2/c1-7(11)6-13-5-4-9(14)12(3)8(2)10(13)15/h7-8H,4-6,11H2,1-3H3. The molecule has 2 unspecified atom stereocenters. The van der Waals surface area contributed by atoms with Crippen LogP contribution in [-0.2, 0) is 9.59 Å². The van der Waals surface area contributed by atoms with Gasteiger partial charge < -0.3 is 15.5 Å². The van der Waals surface area contributed by atoms with Crippen LogP contribution < -0.4 is 5.73 Å². The molecule has 1 heterocycles. The molecule has 0 spiro atoms. The predicted octanol–water partition coefficient (Wildman–Crippen LogP) is -0.587. The third-order valence-electron chi connectivity index (χ3n) is 2.75. The summed E-state index contributed by atoms with van der Waals surface area (Å²) in [6.45, 7) is 4.60. The first-order valence-corrected chi connectivity index (χ1v) is 5.23. The SMILES string of the molecule is CC(N)CN1CCC(=O)N(C)C(C)C1=O. The molecule has 1 saturated heterocycles. The van der Waals surface area contributed by atoms with E-state index in [0.29, 0.717) is 19.5 Å². The van der Waals surface area contributed by atoms with Crippen molar-refractivity contribution >= 4 is 11.8 Å². The predicted molar refractivity (Wildman–Crippen MR) is 57.1 cm³/mol. The maximum Gasteiger partial charge on any atom is 0.245 e. The highest BCUT2D eigenvalue weighted by molar-refractivity contribution is 5.89. The van der Waals surface area contributed by atoms with Crippen LogP contribution in [0.3, 0.4) is 0 Å². The molecule has 0 aliphatic carbocycles. The van der Waals surface area contributed by atoms with Gasteiger partial charge in [-0.15, -0.1) is 0 Å². The van der Waals surface area contributed by atoms with E-state index in [0.717, 1.165) is 0 Å². The quantitative estimate of drug-likeness (QED) is 0.667. The number of carbonyl (C=O) groups excluding carboxylic acids is 2. The molecule has 1 fully saturated rings. The van der Waals surface area contributed by atoms with Crippen molar-refractivity contribution < 1.29 is 9.59 Å². The fourth-order valence-electron chi connectivity index (χ4n) is 1.69. The normalized spacial score (nSPS) is 25.5. The van der Waals surface area contributed by atoms with E-state index in [2.05, 4.69) is 0 Å². The smallest absolute Gasteiger partial charge is 0.245 e. The highest BCUT2D eigenvalue weighted by Crippen LogP contribution is 2.10. The minimum Gasteiger partial charge on any atom is -0.339 e. The summed E-state index contributed by atoms with van der Waals surface area (Å²) in [5.74, 6) is 0.00340. The second kappa shape index (κ2) is 4.61. The van der Waals surface area contributed by atoms with Crippen LogP contribution in [-0.4, -0.2) is 53.8 Å². The van der Waals surface area contributed by atoms with Crippen LogP contribution in [0.2, 0.25) is 0 Å². The molecule has 0 aromatic carbocycles. The molecule has 5 heteroatoms. The van der Waals surface area contributed by atoms with E-state index in [1.54, 1.807) is 18.9 Å². The minimum absolute atomic E-state index is 0.0133. The number of hydrogen-bond donors (Lipinski definition) is 1. The molecule has 1 aliphatic heterocycles. The summed E-state index contributed by atoms with van der Waals surface area (Å²) in [6, 6.07) is -0.432. The number of rotatable bonds is 2. The van der Waals surface area contributed by atoms with Gasteiger partial charge in [-0.25, -0.2) is 0 Å². The van der Waals surface area contributed by atoms with Gasteiger partial charge in [0.1, 0.15) is 6.04 Å². The van der Waals surface area contributed by atoms with Crippen LogP contribution in [0.1, 0.15) is 20.3 Å². The van der Waals surface area contributed by atoms with Gasteiger partial charge in [0.25, 0.3) is 0 Å². The molecule has 0 radical (unpaired) electrons. The molecule has 0 aromatic heterocycles. The number of likely N-dealkylation sites (N-methyl/N-ethyl adjacent to an activating group) is 1. The van der Waals surface area contributed by atoms with Gasteiger partial charge in [-0.05, 0) is 13.8 Å². The molecule has 0 saturated carbocycles. The Balaban J connectivity index is 2.76. The Hall–Kier alpha value is -1.10. The molecular weight excluding hydrogens is 194 g/mol. The van der Waals surface area contributed by atoms with Crippen LogP contribution in [0.5, 0.6) is 0 Å². The summed E-state index contributed by atoms with van der Waals surface area (Å²) >= 11 is 0. The van der Waals surface area contributed by atoms with Gasteiger partial charge >= 0.3 is 0 Å². The van der Waals surface area contributed by atoms with Crippen molar-refractivity contribution in [1.82, 2.24) is 9.80 Å². The molecular formula is C10H19N3O2. The molecule has 0 bridgehead atoms. The number of amides is 2. The molecule has 86 valence electrons. The summed E-state index contributed by atoms with van der Waals surface area (Å²) < 4.78 is 0. The highest BCUT2D eigenvalue weighted by atomic mass is 16.2. The van der Waals surface area contributed by atoms with Gasteiger partial charge in [-0.1, -0.05) is 0 Å². The average Bonchev–Trinajstić information content (AvgIpc) is 2.25. The van der Waals surface area contributed by atoms with E-state index < -0.39 is 0 Å². The fraction of sp³-hybridized carbons (Fsp3) is 0.800. The lowest BCUT2D eigenvalue weighted by atomic mass is 10.2. The molecule has 2 atom stereocenters. The van der Waals surface area contributed by atoms with Gasteiger partial charge in [-0.2, -0.15) is 0 Å². The Labute approximate surface area is 90.2 Å². The molecule has 1 rings (SSSR count). The van der Waals surface area contributed by atoms with Crippen LogP contribution >= 0.6 is 0 Å². The van der Waals surface area contributed by atoms with Crippen LogP contribution in [0.15, 0.2) is 0 Å². The van der Waals surface area contributed by atoms with Gasteiger partial charge in [0.15, 0.2) is 0 Å². The highest BCUT2D eigenvalue weighted by Gasteiger charge is 2.30. The lowest BCUT2D eigenvalue weighted by Gasteiger charge is -2.26. The Kier molecular flexibility index (Phi) is 3.68. The average molecular weight is 213 g/mol.